The molecule has 0 aromatic heterocycles. The van der Waals surface area contributed by atoms with Crippen LogP contribution in [0.4, 0.5) is 13.2 Å². The molecule has 0 saturated carbocycles. The lowest BCUT2D eigenvalue weighted by Crippen LogP contribution is -2.39. The van der Waals surface area contributed by atoms with Gasteiger partial charge >= 0.3 is 6.18 Å². The predicted octanol–water partition coefficient (Wildman–Crippen LogP) is 2.75. The molecule has 0 heterocycles. The molecule has 5 heteroatoms. The monoisotopic (exact) mass is 254 g/mol. The molecule has 1 atom stereocenters. The maximum atomic E-state index is 12.2. The van der Waals surface area contributed by atoms with Crippen LogP contribution in [0.15, 0.2) is 0 Å². The van der Waals surface area contributed by atoms with E-state index in [2.05, 4.69) is 19.2 Å². The Labute approximate surface area is 103 Å². The van der Waals surface area contributed by atoms with Gasteiger partial charge in [0.05, 0.1) is 6.54 Å². The molecule has 0 spiro atoms. The first-order chi connectivity index (χ1) is 7.74. The highest BCUT2D eigenvalue weighted by Crippen LogP contribution is 2.16. The normalized spacial score (nSPS) is 14.6. The first kappa shape index (κ1) is 16.7. The molecule has 1 unspecified atom stereocenters. The van der Waals surface area contributed by atoms with Gasteiger partial charge in [-0.05, 0) is 31.5 Å². The molecule has 0 aliphatic heterocycles. The van der Waals surface area contributed by atoms with E-state index in [4.69, 9.17) is 0 Å². The molecule has 104 valence electrons. The molecule has 0 bridgehead atoms. The largest absolute Gasteiger partial charge is 0.401 e. The summed E-state index contributed by atoms with van der Waals surface area (Å²) in [5.74, 6) is 0.802. The van der Waals surface area contributed by atoms with Crippen LogP contribution in [0.1, 0.15) is 27.7 Å². The van der Waals surface area contributed by atoms with Gasteiger partial charge in [0.15, 0.2) is 0 Å². The molecule has 0 radical (unpaired) electrons. The van der Waals surface area contributed by atoms with Gasteiger partial charge in [-0.2, -0.15) is 13.2 Å². The summed E-state index contributed by atoms with van der Waals surface area (Å²) in [5, 5.41) is 3.27. The molecule has 0 amide bonds. The minimum atomic E-state index is -4.10. The second kappa shape index (κ2) is 7.93. The number of hydrogen-bond donors (Lipinski definition) is 1. The second-order valence-corrected chi connectivity index (χ2v) is 5.10. The molecule has 0 aliphatic carbocycles. The van der Waals surface area contributed by atoms with Gasteiger partial charge in [0.1, 0.15) is 0 Å². The zero-order valence-electron chi connectivity index (χ0n) is 11.3. The number of halogens is 3. The smallest absolute Gasteiger partial charge is 0.316 e. The Morgan fingerprint density at radius 3 is 2.12 bits per heavy atom. The van der Waals surface area contributed by atoms with Gasteiger partial charge in [0, 0.05) is 6.54 Å². The SMILES string of the molecule is CCN(CC(C)CNCC(C)C)CC(F)(F)F. The molecule has 0 fully saturated rings. The van der Waals surface area contributed by atoms with Gasteiger partial charge in [0.2, 0.25) is 0 Å². The van der Waals surface area contributed by atoms with E-state index in [1.807, 2.05) is 6.92 Å². The molecule has 2 nitrogen and oxygen atoms in total. The van der Waals surface area contributed by atoms with E-state index in [1.165, 1.54) is 4.90 Å². The van der Waals surface area contributed by atoms with E-state index < -0.39 is 12.7 Å². The predicted molar refractivity (Wildman–Crippen MR) is 65.0 cm³/mol. The molecule has 0 aromatic carbocycles. The van der Waals surface area contributed by atoms with Crippen LogP contribution in [0.3, 0.4) is 0 Å². The fourth-order valence-electron chi connectivity index (χ4n) is 1.68. The summed E-state index contributed by atoms with van der Waals surface area (Å²) in [4.78, 5) is 1.45. The van der Waals surface area contributed by atoms with Crippen LogP contribution in [0.2, 0.25) is 0 Å². The van der Waals surface area contributed by atoms with Gasteiger partial charge in [-0.25, -0.2) is 0 Å². The summed E-state index contributed by atoms with van der Waals surface area (Å²) in [6.07, 6.45) is -4.10. The van der Waals surface area contributed by atoms with E-state index in [0.717, 1.165) is 13.1 Å². The fraction of sp³-hybridized carbons (Fsp3) is 1.00. The van der Waals surface area contributed by atoms with Crippen LogP contribution in [0.5, 0.6) is 0 Å². The van der Waals surface area contributed by atoms with E-state index >= 15 is 0 Å². The first-order valence-corrected chi connectivity index (χ1v) is 6.24. The standard InChI is InChI=1S/C12H25F3N2/c1-5-17(9-12(13,14)15)8-11(4)7-16-6-10(2)3/h10-11,16H,5-9H2,1-4H3. The number of nitrogens with one attached hydrogen (secondary N) is 1. The van der Waals surface area contributed by atoms with Crippen molar-refractivity contribution < 1.29 is 13.2 Å². The summed E-state index contributed by atoms with van der Waals surface area (Å²) < 4.78 is 36.7. The van der Waals surface area contributed by atoms with Crippen molar-refractivity contribution in [2.24, 2.45) is 11.8 Å². The summed E-state index contributed by atoms with van der Waals surface area (Å²) in [5.41, 5.74) is 0. The highest BCUT2D eigenvalue weighted by Gasteiger charge is 2.30. The van der Waals surface area contributed by atoms with Crippen molar-refractivity contribution in [3.63, 3.8) is 0 Å². The average molecular weight is 254 g/mol. The van der Waals surface area contributed by atoms with Crippen molar-refractivity contribution in [3.8, 4) is 0 Å². The summed E-state index contributed by atoms with van der Waals surface area (Å²) in [6.45, 7) is 9.77. The molecule has 0 rings (SSSR count). The lowest BCUT2D eigenvalue weighted by molar-refractivity contribution is -0.146. The number of nitrogens with zero attached hydrogens (tertiary/aromatic N) is 1. The number of rotatable bonds is 8. The Balaban J connectivity index is 3.86. The minimum absolute atomic E-state index is 0.232. The summed E-state index contributed by atoms with van der Waals surface area (Å²) in [6, 6.07) is 0. The van der Waals surface area contributed by atoms with Gasteiger partial charge in [-0.15, -0.1) is 0 Å². The topological polar surface area (TPSA) is 15.3 Å². The Bertz CT molecular complexity index is 193. The first-order valence-electron chi connectivity index (χ1n) is 6.24. The highest BCUT2D eigenvalue weighted by atomic mass is 19.4. The lowest BCUT2D eigenvalue weighted by Gasteiger charge is -2.25. The zero-order chi connectivity index (χ0) is 13.5. The molecule has 0 saturated heterocycles. The number of hydrogen-bond acceptors (Lipinski definition) is 2. The van der Waals surface area contributed by atoms with Crippen LogP contribution in [0.25, 0.3) is 0 Å². The van der Waals surface area contributed by atoms with E-state index in [-0.39, 0.29) is 5.92 Å². The molecule has 17 heavy (non-hydrogen) atoms. The maximum Gasteiger partial charge on any atom is 0.401 e. The molecule has 0 aromatic rings. The Morgan fingerprint density at radius 1 is 1.12 bits per heavy atom. The van der Waals surface area contributed by atoms with E-state index in [1.54, 1.807) is 6.92 Å². The third-order valence-corrected chi connectivity index (χ3v) is 2.47. The maximum absolute atomic E-state index is 12.2. The Morgan fingerprint density at radius 2 is 1.71 bits per heavy atom. The fourth-order valence-corrected chi connectivity index (χ4v) is 1.68. The molecule has 0 aliphatic rings. The van der Waals surface area contributed by atoms with Gasteiger partial charge in [-0.3, -0.25) is 4.90 Å². The highest BCUT2D eigenvalue weighted by molar-refractivity contribution is 4.67. The Hall–Kier alpha value is -0.290. The van der Waals surface area contributed by atoms with Crippen molar-refractivity contribution in [2.45, 2.75) is 33.9 Å². The van der Waals surface area contributed by atoms with Crippen LogP contribution >= 0.6 is 0 Å². The lowest BCUT2D eigenvalue weighted by atomic mass is 10.1. The summed E-state index contributed by atoms with van der Waals surface area (Å²) in [7, 11) is 0. The van der Waals surface area contributed by atoms with Crippen molar-refractivity contribution in [2.75, 3.05) is 32.7 Å². The molecule has 1 N–H and O–H groups in total. The molecular weight excluding hydrogens is 229 g/mol. The van der Waals surface area contributed by atoms with Gasteiger partial charge < -0.3 is 5.32 Å². The van der Waals surface area contributed by atoms with Crippen LogP contribution in [0, 0.1) is 11.8 Å². The van der Waals surface area contributed by atoms with Crippen molar-refractivity contribution >= 4 is 0 Å². The van der Waals surface area contributed by atoms with Crippen molar-refractivity contribution in [1.29, 1.82) is 0 Å². The van der Waals surface area contributed by atoms with Crippen LogP contribution in [-0.4, -0.2) is 43.8 Å². The van der Waals surface area contributed by atoms with Crippen LogP contribution < -0.4 is 5.32 Å². The van der Waals surface area contributed by atoms with Gasteiger partial charge in [0.25, 0.3) is 0 Å². The van der Waals surface area contributed by atoms with E-state index in [9.17, 15) is 13.2 Å². The van der Waals surface area contributed by atoms with Crippen LogP contribution in [-0.2, 0) is 0 Å². The zero-order valence-corrected chi connectivity index (χ0v) is 11.3. The quantitative estimate of drug-likeness (QED) is 0.716. The summed E-state index contributed by atoms with van der Waals surface area (Å²) >= 11 is 0. The van der Waals surface area contributed by atoms with Crippen molar-refractivity contribution in [1.82, 2.24) is 10.2 Å². The van der Waals surface area contributed by atoms with Crippen molar-refractivity contribution in [3.05, 3.63) is 0 Å². The third-order valence-electron chi connectivity index (χ3n) is 2.47. The minimum Gasteiger partial charge on any atom is -0.316 e. The van der Waals surface area contributed by atoms with E-state index in [0.29, 0.717) is 19.0 Å². The average Bonchev–Trinajstić information content (AvgIpc) is 2.13. The molecular formula is C12H25F3N2. The Kier molecular flexibility index (Phi) is 7.79. The third kappa shape index (κ3) is 10.6. The van der Waals surface area contributed by atoms with Gasteiger partial charge in [-0.1, -0.05) is 27.7 Å². The second-order valence-electron chi connectivity index (χ2n) is 5.10. The number of alkyl halides is 3.